The number of hydrogen-bond acceptors (Lipinski definition) is 2. The van der Waals surface area contributed by atoms with Crippen molar-refractivity contribution in [2.24, 2.45) is 5.92 Å². The first-order valence-electron chi connectivity index (χ1n) is 7.99. The van der Waals surface area contributed by atoms with Gasteiger partial charge in [-0.05, 0) is 50.8 Å². The largest absolute Gasteiger partial charge is 0.373 e. The van der Waals surface area contributed by atoms with Gasteiger partial charge in [0.15, 0.2) is 0 Å². The zero-order chi connectivity index (χ0) is 14.6. The maximum atomic E-state index is 6.34. The van der Waals surface area contributed by atoms with Crippen LogP contribution in [-0.2, 0) is 4.74 Å². The number of likely N-dealkylation sites (N-methyl/N-ethyl adjacent to an activating group) is 1. The van der Waals surface area contributed by atoms with Gasteiger partial charge in [-0.2, -0.15) is 0 Å². The van der Waals surface area contributed by atoms with E-state index in [-0.39, 0.29) is 11.6 Å². The molecule has 20 heavy (non-hydrogen) atoms. The Morgan fingerprint density at radius 2 is 2.15 bits per heavy atom. The van der Waals surface area contributed by atoms with Gasteiger partial charge in [-0.15, -0.1) is 0 Å². The smallest absolute Gasteiger partial charge is 0.0878 e. The van der Waals surface area contributed by atoms with Crippen molar-refractivity contribution in [3.8, 4) is 0 Å². The number of hydrogen-bond donors (Lipinski definition) is 1. The van der Waals surface area contributed by atoms with Crippen molar-refractivity contribution in [2.75, 3.05) is 13.7 Å². The van der Waals surface area contributed by atoms with Crippen LogP contribution in [0, 0.1) is 12.8 Å². The fraction of sp³-hybridized carbons (Fsp3) is 0.667. The third-order valence-corrected chi connectivity index (χ3v) is 4.74. The molecule has 2 rings (SSSR count). The van der Waals surface area contributed by atoms with E-state index in [1.165, 1.54) is 24.0 Å². The van der Waals surface area contributed by atoms with Gasteiger partial charge < -0.3 is 10.1 Å². The number of rotatable bonds is 5. The summed E-state index contributed by atoms with van der Waals surface area (Å²) in [6.45, 7) is 7.46. The van der Waals surface area contributed by atoms with Crippen molar-refractivity contribution in [3.05, 3.63) is 35.4 Å². The molecule has 2 nitrogen and oxygen atoms in total. The molecule has 1 aromatic carbocycles. The predicted molar refractivity (Wildman–Crippen MR) is 85.0 cm³/mol. The van der Waals surface area contributed by atoms with Gasteiger partial charge in [0.05, 0.1) is 11.6 Å². The molecule has 1 N–H and O–H groups in total. The molecule has 0 aliphatic heterocycles. The van der Waals surface area contributed by atoms with Crippen molar-refractivity contribution < 1.29 is 4.74 Å². The zero-order valence-electron chi connectivity index (χ0n) is 13.4. The summed E-state index contributed by atoms with van der Waals surface area (Å²) in [6, 6.07) is 8.98. The van der Waals surface area contributed by atoms with Crippen LogP contribution in [0.25, 0.3) is 0 Å². The third-order valence-electron chi connectivity index (χ3n) is 4.74. The Hall–Kier alpha value is -0.860. The highest BCUT2D eigenvalue weighted by molar-refractivity contribution is 5.31. The Balaban J connectivity index is 2.37. The number of aryl methyl sites for hydroxylation is 1. The van der Waals surface area contributed by atoms with Crippen LogP contribution in [0.4, 0.5) is 0 Å². The normalized spacial score (nSPS) is 28.3. The monoisotopic (exact) mass is 275 g/mol. The lowest BCUT2D eigenvalue weighted by molar-refractivity contribution is -0.100. The van der Waals surface area contributed by atoms with E-state index < -0.39 is 0 Å². The Bertz CT molecular complexity index is 427. The minimum Gasteiger partial charge on any atom is -0.373 e. The van der Waals surface area contributed by atoms with Gasteiger partial charge in [0.1, 0.15) is 0 Å². The van der Waals surface area contributed by atoms with Crippen molar-refractivity contribution in [1.29, 1.82) is 0 Å². The van der Waals surface area contributed by atoms with E-state index in [0.717, 1.165) is 25.4 Å². The third kappa shape index (κ3) is 3.07. The molecule has 0 radical (unpaired) electrons. The fourth-order valence-corrected chi connectivity index (χ4v) is 3.92. The highest BCUT2D eigenvalue weighted by Crippen LogP contribution is 2.44. The summed E-state index contributed by atoms with van der Waals surface area (Å²) in [4.78, 5) is 0. The molecular weight excluding hydrogens is 246 g/mol. The van der Waals surface area contributed by atoms with Crippen LogP contribution in [0.1, 0.15) is 56.7 Å². The molecule has 1 saturated carbocycles. The molecule has 1 aliphatic rings. The second-order valence-electron chi connectivity index (χ2n) is 6.28. The van der Waals surface area contributed by atoms with Gasteiger partial charge >= 0.3 is 0 Å². The molecule has 2 heteroatoms. The molecule has 1 aliphatic carbocycles. The van der Waals surface area contributed by atoms with Gasteiger partial charge in [0.2, 0.25) is 0 Å². The van der Waals surface area contributed by atoms with Gasteiger partial charge in [-0.3, -0.25) is 0 Å². The highest BCUT2D eigenvalue weighted by atomic mass is 16.5. The molecule has 0 saturated heterocycles. The summed E-state index contributed by atoms with van der Waals surface area (Å²) >= 11 is 0. The van der Waals surface area contributed by atoms with E-state index >= 15 is 0 Å². The predicted octanol–water partition coefficient (Wildman–Crippen LogP) is 4.24. The SMILES string of the molecule is CCOC1(C(NC)c2ccccc2C)CCCC(C)C1. The number of ether oxygens (including phenoxy) is 1. The average Bonchev–Trinajstić information content (AvgIpc) is 2.42. The summed E-state index contributed by atoms with van der Waals surface area (Å²) in [5.74, 6) is 0.746. The van der Waals surface area contributed by atoms with Gasteiger partial charge in [-0.25, -0.2) is 0 Å². The van der Waals surface area contributed by atoms with Crippen molar-refractivity contribution in [1.82, 2.24) is 5.32 Å². The van der Waals surface area contributed by atoms with Crippen LogP contribution < -0.4 is 5.32 Å². The van der Waals surface area contributed by atoms with Gasteiger partial charge in [-0.1, -0.05) is 44.0 Å². The van der Waals surface area contributed by atoms with Crippen molar-refractivity contribution in [2.45, 2.75) is 58.1 Å². The molecule has 0 bridgehead atoms. The number of nitrogens with one attached hydrogen (secondary N) is 1. The Morgan fingerprint density at radius 3 is 2.75 bits per heavy atom. The van der Waals surface area contributed by atoms with Crippen LogP contribution in [0.15, 0.2) is 24.3 Å². The first-order chi connectivity index (χ1) is 9.63. The quantitative estimate of drug-likeness (QED) is 0.868. The average molecular weight is 275 g/mol. The van der Waals surface area contributed by atoms with Crippen LogP contribution in [0.5, 0.6) is 0 Å². The summed E-state index contributed by atoms with van der Waals surface area (Å²) in [6.07, 6.45) is 4.91. The molecule has 0 aromatic heterocycles. The van der Waals surface area contributed by atoms with Crippen LogP contribution in [-0.4, -0.2) is 19.3 Å². The van der Waals surface area contributed by atoms with Gasteiger partial charge in [0, 0.05) is 6.61 Å². The van der Waals surface area contributed by atoms with E-state index in [1.807, 2.05) is 0 Å². The summed E-state index contributed by atoms with van der Waals surface area (Å²) in [7, 11) is 2.07. The van der Waals surface area contributed by atoms with Crippen LogP contribution in [0.2, 0.25) is 0 Å². The van der Waals surface area contributed by atoms with E-state index in [9.17, 15) is 0 Å². The minimum absolute atomic E-state index is 0.0483. The first kappa shape index (κ1) is 15.5. The maximum Gasteiger partial charge on any atom is 0.0878 e. The molecule has 3 atom stereocenters. The van der Waals surface area contributed by atoms with E-state index in [0.29, 0.717) is 0 Å². The highest BCUT2D eigenvalue weighted by Gasteiger charge is 2.43. The lowest BCUT2D eigenvalue weighted by Crippen LogP contribution is -2.48. The zero-order valence-corrected chi connectivity index (χ0v) is 13.4. The lowest BCUT2D eigenvalue weighted by Gasteiger charge is -2.45. The van der Waals surface area contributed by atoms with E-state index in [1.54, 1.807) is 0 Å². The summed E-state index contributed by atoms with van der Waals surface area (Å²) < 4.78 is 6.34. The Morgan fingerprint density at radius 1 is 1.40 bits per heavy atom. The topological polar surface area (TPSA) is 21.3 Å². The Labute approximate surface area is 123 Å². The molecule has 0 heterocycles. The molecule has 0 spiro atoms. The lowest BCUT2D eigenvalue weighted by atomic mass is 9.72. The Kier molecular flexibility index (Phi) is 5.22. The van der Waals surface area contributed by atoms with E-state index in [2.05, 4.69) is 57.4 Å². The fourth-order valence-electron chi connectivity index (χ4n) is 3.92. The molecular formula is C18H29NO. The van der Waals surface area contributed by atoms with Crippen molar-refractivity contribution in [3.63, 3.8) is 0 Å². The standard InChI is InChI=1S/C18H29NO/c1-5-20-18(12-8-9-14(2)13-18)17(19-4)16-11-7-6-10-15(16)3/h6-7,10-11,14,17,19H,5,8-9,12-13H2,1-4H3. The molecule has 0 amide bonds. The molecule has 1 fully saturated rings. The number of benzene rings is 1. The van der Waals surface area contributed by atoms with Gasteiger partial charge in [0.25, 0.3) is 0 Å². The minimum atomic E-state index is -0.0483. The first-order valence-corrected chi connectivity index (χ1v) is 7.99. The summed E-state index contributed by atoms with van der Waals surface area (Å²) in [5.41, 5.74) is 2.69. The summed E-state index contributed by atoms with van der Waals surface area (Å²) in [5, 5.41) is 3.55. The molecule has 112 valence electrons. The second-order valence-corrected chi connectivity index (χ2v) is 6.28. The van der Waals surface area contributed by atoms with Crippen LogP contribution in [0.3, 0.4) is 0 Å². The second kappa shape index (κ2) is 6.73. The van der Waals surface area contributed by atoms with Crippen LogP contribution >= 0.6 is 0 Å². The maximum absolute atomic E-state index is 6.34. The van der Waals surface area contributed by atoms with Crippen molar-refractivity contribution >= 4 is 0 Å². The molecule has 3 unspecified atom stereocenters. The molecule has 1 aromatic rings. The van der Waals surface area contributed by atoms with E-state index in [4.69, 9.17) is 4.74 Å².